The van der Waals surface area contributed by atoms with Crippen molar-refractivity contribution in [3.63, 3.8) is 0 Å². The van der Waals surface area contributed by atoms with Crippen molar-refractivity contribution in [3.05, 3.63) is 34.8 Å². The molecule has 0 saturated heterocycles. The lowest BCUT2D eigenvalue weighted by atomic mass is 10.1. The molecule has 100 valence electrons. The Balaban J connectivity index is 2.01. The Bertz CT molecular complexity index is 555. The van der Waals surface area contributed by atoms with Crippen molar-refractivity contribution in [1.29, 1.82) is 0 Å². The Labute approximate surface area is 120 Å². The molecule has 19 heavy (non-hydrogen) atoms. The maximum absolute atomic E-state index is 11.5. The van der Waals surface area contributed by atoms with Gasteiger partial charge in [0.15, 0.2) is 6.10 Å². The number of aliphatic hydroxyl groups is 1. The number of aliphatic hydroxyl groups excluding tert-OH is 1. The average molecular weight is 323 g/mol. The quantitative estimate of drug-likeness (QED) is 0.838. The van der Waals surface area contributed by atoms with Crippen LogP contribution in [0.25, 0.3) is 0 Å². The molecule has 0 spiro atoms. The van der Waals surface area contributed by atoms with E-state index in [0.29, 0.717) is 17.3 Å². The molecule has 1 unspecified atom stereocenters. The fourth-order valence-corrected chi connectivity index (χ4v) is 3.03. The van der Waals surface area contributed by atoms with Crippen LogP contribution in [0.2, 0.25) is 0 Å². The standard InChI is InChI=1S/C14H15BrN2O2/c1-2-5-17(8-3-4-8)12-7-11-9(6-10(12)15)13(18)14(19)16-11/h2,6-8,13,18H,1,3-5H2,(H,16,19). The van der Waals surface area contributed by atoms with Gasteiger partial charge in [0.05, 0.1) is 5.69 Å². The highest BCUT2D eigenvalue weighted by molar-refractivity contribution is 9.10. The number of fused-ring (bicyclic) bond motifs is 1. The van der Waals surface area contributed by atoms with Gasteiger partial charge >= 0.3 is 0 Å². The van der Waals surface area contributed by atoms with Crippen LogP contribution in [0.1, 0.15) is 24.5 Å². The van der Waals surface area contributed by atoms with Crippen molar-refractivity contribution >= 4 is 33.2 Å². The summed E-state index contributed by atoms with van der Waals surface area (Å²) in [6.45, 7) is 4.57. The van der Waals surface area contributed by atoms with Gasteiger partial charge in [0.25, 0.3) is 5.91 Å². The van der Waals surface area contributed by atoms with Crippen LogP contribution in [0, 0.1) is 0 Å². The minimum Gasteiger partial charge on any atom is -0.378 e. The Hall–Kier alpha value is -1.33. The summed E-state index contributed by atoms with van der Waals surface area (Å²) in [7, 11) is 0. The van der Waals surface area contributed by atoms with E-state index in [1.807, 2.05) is 18.2 Å². The third-order valence-corrected chi connectivity index (χ3v) is 4.18. The first-order chi connectivity index (χ1) is 9.11. The van der Waals surface area contributed by atoms with Gasteiger partial charge in [-0.05, 0) is 40.9 Å². The molecule has 1 aliphatic carbocycles. The highest BCUT2D eigenvalue weighted by Crippen LogP contribution is 2.42. The first-order valence-electron chi connectivity index (χ1n) is 6.31. The number of halogens is 1. The summed E-state index contributed by atoms with van der Waals surface area (Å²) < 4.78 is 0.899. The Morgan fingerprint density at radius 1 is 1.53 bits per heavy atom. The monoisotopic (exact) mass is 322 g/mol. The molecule has 1 amide bonds. The number of hydrogen-bond donors (Lipinski definition) is 2. The van der Waals surface area contributed by atoms with Crippen molar-refractivity contribution in [1.82, 2.24) is 0 Å². The summed E-state index contributed by atoms with van der Waals surface area (Å²) in [5, 5.41) is 12.5. The van der Waals surface area contributed by atoms with Gasteiger partial charge in [-0.2, -0.15) is 0 Å². The Morgan fingerprint density at radius 2 is 2.26 bits per heavy atom. The van der Waals surface area contributed by atoms with E-state index in [9.17, 15) is 9.90 Å². The number of nitrogens with one attached hydrogen (secondary N) is 1. The first-order valence-corrected chi connectivity index (χ1v) is 7.11. The molecular formula is C14H15BrN2O2. The number of nitrogens with zero attached hydrogens (tertiary/aromatic N) is 1. The molecule has 1 atom stereocenters. The molecule has 3 rings (SSSR count). The number of carbonyl (C=O) groups excluding carboxylic acids is 1. The molecule has 5 heteroatoms. The van der Waals surface area contributed by atoms with Gasteiger partial charge in [0, 0.05) is 28.3 Å². The zero-order valence-electron chi connectivity index (χ0n) is 10.4. The fourth-order valence-electron chi connectivity index (χ4n) is 2.44. The van der Waals surface area contributed by atoms with Gasteiger partial charge in [-0.3, -0.25) is 4.79 Å². The van der Waals surface area contributed by atoms with Crippen LogP contribution < -0.4 is 10.2 Å². The van der Waals surface area contributed by atoms with Crippen LogP contribution in [0.5, 0.6) is 0 Å². The Kier molecular flexibility index (Phi) is 3.11. The van der Waals surface area contributed by atoms with Gasteiger partial charge < -0.3 is 15.3 Å². The van der Waals surface area contributed by atoms with Crippen LogP contribution in [0.3, 0.4) is 0 Å². The molecule has 1 aromatic rings. The molecule has 0 bridgehead atoms. The van der Waals surface area contributed by atoms with Crippen molar-refractivity contribution in [3.8, 4) is 0 Å². The molecule has 1 heterocycles. The minimum atomic E-state index is -1.06. The summed E-state index contributed by atoms with van der Waals surface area (Å²) in [6, 6.07) is 4.30. The maximum atomic E-state index is 11.5. The number of benzene rings is 1. The first kappa shape index (κ1) is 12.7. The summed E-state index contributed by atoms with van der Waals surface area (Å²) in [6.07, 6.45) is 3.19. The van der Waals surface area contributed by atoms with E-state index < -0.39 is 6.10 Å². The molecule has 0 radical (unpaired) electrons. The maximum Gasteiger partial charge on any atom is 0.257 e. The molecule has 2 N–H and O–H groups in total. The predicted molar refractivity (Wildman–Crippen MR) is 78.3 cm³/mol. The summed E-state index contributed by atoms with van der Waals surface area (Å²) in [4.78, 5) is 13.8. The molecule has 4 nitrogen and oxygen atoms in total. The summed E-state index contributed by atoms with van der Waals surface area (Å²) in [5.74, 6) is -0.360. The largest absolute Gasteiger partial charge is 0.378 e. The van der Waals surface area contributed by atoms with Crippen molar-refractivity contribution in [2.45, 2.75) is 25.0 Å². The minimum absolute atomic E-state index is 0.360. The van der Waals surface area contributed by atoms with E-state index in [2.05, 4.69) is 32.7 Å². The highest BCUT2D eigenvalue weighted by atomic mass is 79.9. The number of anilines is 2. The lowest BCUT2D eigenvalue weighted by Gasteiger charge is -2.25. The van der Waals surface area contributed by atoms with Gasteiger partial charge in [-0.25, -0.2) is 0 Å². The van der Waals surface area contributed by atoms with Crippen LogP contribution in [0.15, 0.2) is 29.3 Å². The zero-order valence-corrected chi connectivity index (χ0v) is 12.0. The van der Waals surface area contributed by atoms with E-state index in [4.69, 9.17) is 0 Å². The molecule has 1 fully saturated rings. The highest BCUT2D eigenvalue weighted by Gasteiger charge is 2.33. The summed E-state index contributed by atoms with van der Waals surface area (Å²) >= 11 is 3.54. The van der Waals surface area contributed by atoms with E-state index >= 15 is 0 Å². The van der Waals surface area contributed by atoms with Crippen molar-refractivity contribution < 1.29 is 9.90 Å². The fraction of sp³-hybridized carbons (Fsp3) is 0.357. The topological polar surface area (TPSA) is 52.6 Å². The lowest BCUT2D eigenvalue weighted by Crippen LogP contribution is -2.26. The number of rotatable bonds is 4. The Morgan fingerprint density at radius 3 is 2.89 bits per heavy atom. The van der Waals surface area contributed by atoms with Crippen LogP contribution in [-0.4, -0.2) is 23.6 Å². The van der Waals surface area contributed by atoms with Crippen LogP contribution >= 0.6 is 15.9 Å². The zero-order chi connectivity index (χ0) is 13.6. The second-order valence-corrected chi connectivity index (χ2v) is 5.81. The predicted octanol–water partition coefficient (Wildman–Crippen LogP) is 2.59. The van der Waals surface area contributed by atoms with Crippen LogP contribution in [-0.2, 0) is 4.79 Å². The molecular weight excluding hydrogens is 308 g/mol. The van der Waals surface area contributed by atoms with Crippen molar-refractivity contribution in [2.75, 3.05) is 16.8 Å². The molecule has 1 aliphatic heterocycles. The van der Waals surface area contributed by atoms with Gasteiger partial charge in [-0.1, -0.05) is 6.08 Å². The van der Waals surface area contributed by atoms with E-state index in [0.717, 1.165) is 16.7 Å². The van der Waals surface area contributed by atoms with Gasteiger partial charge in [0.1, 0.15) is 0 Å². The molecule has 1 aromatic carbocycles. The number of hydrogen-bond acceptors (Lipinski definition) is 3. The second kappa shape index (κ2) is 4.65. The van der Waals surface area contributed by atoms with E-state index in [1.54, 1.807) is 0 Å². The smallest absolute Gasteiger partial charge is 0.257 e. The number of amides is 1. The molecule has 1 saturated carbocycles. The average Bonchev–Trinajstić information content (AvgIpc) is 3.17. The SMILES string of the molecule is C=CCN(c1cc2c(cc1Br)C(O)C(=O)N2)C1CC1. The number of carbonyl (C=O) groups is 1. The summed E-state index contributed by atoms with van der Waals surface area (Å²) in [5.41, 5.74) is 2.37. The van der Waals surface area contributed by atoms with Crippen molar-refractivity contribution in [2.24, 2.45) is 0 Å². The van der Waals surface area contributed by atoms with E-state index in [1.165, 1.54) is 12.8 Å². The van der Waals surface area contributed by atoms with Crippen LogP contribution in [0.4, 0.5) is 11.4 Å². The van der Waals surface area contributed by atoms with Gasteiger partial charge in [-0.15, -0.1) is 6.58 Å². The second-order valence-electron chi connectivity index (χ2n) is 4.95. The normalized spacial score (nSPS) is 20.9. The molecule has 0 aromatic heterocycles. The molecule has 2 aliphatic rings. The third-order valence-electron chi connectivity index (χ3n) is 3.54. The third kappa shape index (κ3) is 2.17. The van der Waals surface area contributed by atoms with Gasteiger partial charge in [0.2, 0.25) is 0 Å². The lowest BCUT2D eigenvalue weighted by molar-refractivity contribution is -0.123. The van der Waals surface area contributed by atoms with E-state index in [-0.39, 0.29) is 5.91 Å².